The average Bonchev–Trinajstić information content (AvgIpc) is 2.87. The van der Waals surface area contributed by atoms with E-state index in [0.29, 0.717) is 6.04 Å². The van der Waals surface area contributed by atoms with Crippen LogP contribution >= 0.6 is 11.3 Å². The number of thiophene rings is 1. The van der Waals surface area contributed by atoms with Gasteiger partial charge in [-0.15, -0.1) is 11.3 Å². The molecule has 2 nitrogen and oxygen atoms in total. The van der Waals surface area contributed by atoms with Crippen LogP contribution in [0, 0.1) is 5.92 Å². The van der Waals surface area contributed by atoms with Crippen molar-refractivity contribution in [3.05, 3.63) is 21.9 Å². The van der Waals surface area contributed by atoms with Crippen LogP contribution in [0.4, 0.5) is 0 Å². The monoisotopic (exact) mass is 280 g/mol. The SMILES string of the molecule is CCc1ccc(CN(CC2CCCNC2)C(C)C)s1. The van der Waals surface area contributed by atoms with E-state index < -0.39 is 0 Å². The molecule has 1 fully saturated rings. The molecule has 2 heterocycles. The highest BCUT2D eigenvalue weighted by Crippen LogP contribution is 2.21. The molecular weight excluding hydrogens is 252 g/mol. The molecular formula is C16H28N2S. The molecule has 1 saturated heterocycles. The molecule has 1 aromatic heterocycles. The van der Waals surface area contributed by atoms with Gasteiger partial charge < -0.3 is 5.32 Å². The van der Waals surface area contributed by atoms with Crippen LogP contribution in [-0.4, -0.2) is 30.6 Å². The van der Waals surface area contributed by atoms with Crippen molar-refractivity contribution in [2.45, 2.75) is 52.6 Å². The van der Waals surface area contributed by atoms with E-state index in [0.717, 1.165) is 12.5 Å². The smallest absolute Gasteiger partial charge is 0.0330 e. The summed E-state index contributed by atoms with van der Waals surface area (Å²) in [5.74, 6) is 0.835. The first-order valence-corrected chi connectivity index (χ1v) is 8.53. The molecule has 2 rings (SSSR count). The summed E-state index contributed by atoms with van der Waals surface area (Å²) in [6, 6.07) is 5.24. The molecule has 1 aromatic rings. The molecule has 0 amide bonds. The lowest BCUT2D eigenvalue weighted by Crippen LogP contribution is -2.40. The summed E-state index contributed by atoms with van der Waals surface area (Å²) >= 11 is 1.98. The van der Waals surface area contributed by atoms with Gasteiger partial charge in [0.25, 0.3) is 0 Å². The minimum Gasteiger partial charge on any atom is -0.316 e. The fourth-order valence-electron chi connectivity index (χ4n) is 2.77. The summed E-state index contributed by atoms with van der Waals surface area (Å²) in [6.45, 7) is 11.7. The Labute approximate surface area is 122 Å². The van der Waals surface area contributed by atoms with E-state index in [1.807, 2.05) is 11.3 Å². The van der Waals surface area contributed by atoms with Crippen molar-refractivity contribution in [1.29, 1.82) is 0 Å². The Morgan fingerprint density at radius 3 is 2.74 bits per heavy atom. The van der Waals surface area contributed by atoms with E-state index in [4.69, 9.17) is 0 Å². The van der Waals surface area contributed by atoms with Gasteiger partial charge in [0.1, 0.15) is 0 Å². The lowest BCUT2D eigenvalue weighted by atomic mass is 9.98. The van der Waals surface area contributed by atoms with Gasteiger partial charge in [0, 0.05) is 28.9 Å². The van der Waals surface area contributed by atoms with Crippen LogP contribution in [0.1, 0.15) is 43.4 Å². The minimum atomic E-state index is 0.633. The Balaban J connectivity index is 1.91. The molecule has 0 saturated carbocycles. The number of piperidine rings is 1. The molecule has 19 heavy (non-hydrogen) atoms. The standard InChI is InChI=1S/C16H28N2S/c1-4-15-7-8-16(19-15)12-18(13(2)3)11-14-6-5-9-17-10-14/h7-8,13-14,17H,4-6,9-12H2,1-3H3. The summed E-state index contributed by atoms with van der Waals surface area (Å²) in [4.78, 5) is 5.68. The van der Waals surface area contributed by atoms with Crippen LogP contribution in [0.5, 0.6) is 0 Å². The lowest BCUT2D eigenvalue weighted by Gasteiger charge is -2.32. The number of nitrogens with one attached hydrogen (secondary N) is 1. The molecule has 1 N–H and O–H groups in total. The summed E-state index contributed by atoms with van der Waals surface area (Å²) in [6.07, 6.45) is 3.90. The van der Waals surface area contributed by atoms with Gasteiger partial charge in [-0.25, -0.2) is 0 Å². The third-order valence-electron chi connectivity index (χ3n) is 4.05. The highest BCUT2D eigenvalue weighted by molar-refractivity contribution is 7.11. The van der Waals surface area contributed by atoms with Gasteiger partial charge in [-0.1, -0.05) is 6.92 Å². The Kier molecular flexibility index (Phi) is 5.86. The minimum absolute atomic E-state index is 0.633. The van der Waals surface area contributed by atoms with Crippen molar-refractivity contribution in [3.63, 3.8) is 0 Å². The van der Waals surface area contributed by atoms with Crippen molar-refractivity contribution >= 4 is 11.3 Å². The van der Waals surface area contributed by atoms with Crippen LogP contribution in [0.2, 0.25) is 0 Å². The Bertz CT molecular complexity index is 367. The number of hydrogen-bond donors (Lipinski definition) is 1. The van der Waals surface area contributed by atoms with E-state index >= 15 is 0 Å². The average molecular weight is 280 g/mol. The van der Waals surface area contributed by atoms with Gasteiger partial charge >= 0.3 is 0 Å². The number of hydrogen-bond acceptors (Lipinski definition) is 3. The Hall–Kier alpha value is -0.380. The zero-order chi connectivity index (χ0) is 13.7. The molecule has 1 aliphatic heterocycles. The fraction of sp³-hybridized carbons (Fsp3) is 0.750. The Morgan fingerprint density at radius 2 is 2.16 bits per heavy atom. The maximum atomic E-state index is 3.53. The zero-order valence-corrected chi connectivity index (χ0v) is 13.4. The molecule has 0 aliphatic carbocycles. The number of rotatable bonds is 6. The third kappa shape index (κ3) is 4.59. The normalized spacial score (nSPS) is 20.4. The fourth-order valence-corrected chi connectivity index (χ4v) is 3.75. The number of nitrogens with zero attached hydrogens (tertiary/aromatic N) is 1. The molecule has 0 bridgehead atoms. The van der Waals surface area contributed by atoms with Crippen molar-refractivity contribution in [2.24, 2.45) is 5.92 Å². The second kappa shape index (κ2) is 7.41. The van der Waals surface area contributed by atoms with Gasteiger partial charge in [-0.2, -0.15) is 0 Å². The van der Waals surface area contributed by atoms with Crippen LogP contribution < -0.4 is 5.32 Å². The first kappa shape index (κ1) is 15.0. The van der Waals surface area contributed by atoms with Crippen molar-refractivity contribution in [3.8, 4) is 0 Å². The molecule has 0 spiro atoms. The highest BCUT2D eigenvalue weighted by Gasteiger charge is 2.19. The maximum absolute atomic E-state index is 3.53. The quantitative estimate of drug-likeness (QED) is 0.857. The van der Waals surface area contributed by atoms with Crippen LogP contribution in [-0.2, 0) is 13.0 Å². The summed E-state index contributed by atoms with van der Waals surface area (Å²) < 4.78 is 0. The van der Waals surface area contributed by atoms with E-state index in [-0.39, 0.29) is 0 Å². The van der Waals surface area contributed by atoms with Gasteiger partial charge in [0.2, 0.25) is 0 Å². The van der Waals surface area contributed by atoms with Crippen molar-refractivity contribution in [1.82, 2.24) is 10.2 Å². The maximum Gasteiger partial charge on any atom is 0.0330 e. The third-order valence-corrected chi connectivity index (χ3v) is 5.26. The number of aryl methyl sites for hydroxylation is 1. The van der Waals surface area contributed by atoms with Crippen molar-refractivity contribution < 1.29 is 0 Å². The van der Waals surface area contributed by atoms with E-state index in [1.54, 1.807) is 0 Å². The first-order valence-electron chi connectivity index (χ1n) is 7.71. The second-order valence-electron chi connectivity index (χ2n) is 5.96. The van der Waals surface area contributed by atoms with Gasteiger partial charge in [-0.05, 0) is 64.3 Å². The first-order chi connectivity index (χ1) is 9.19. The predicted molar refractivity (Wildman–Crippen MR) is 84.8 cm³/mol. The highest BCUT2D eigenvalue weighted by atomic mass is 32.1. The van der Waals surface area contributed by atoms with Crippen molar-refractivity contribution in [2.75, 3.05) is 19.6 Å². The molecule has 108 valence electrons. The molecule has 3 heteroatoms. The zero-order valence-electron chi connectivity index (χ0n) is 12.6. The van der Waals surface area contributed by atoms with Gasteiger partial charge in [0.05, 0.1) is 0 Å². The summed E-state index contributed by atoms with van der Waals surface area (Å²) in [7, 11) is 0. The van der Waals surface area contributed by atoms with E-state index in [9.17, 15) is 0 Å². The van der Waals surface area contributed by atoms with Crippen LogP contribution in [0.3, 0.4) is 0 Å². The second-order valence-corrected chi connectivity index (χ2v) is 7.21. The van der Waals surface area contributed by atoms with Crippen LogP contribution in [0.25, 0.3) is 0 Å². The molecule has 1 atom stereocenters. The summed E-state index contributed by atoms with van der Waals surface area (Å²) in [5.41, 5.74) is 0. The molecule has 1 aliphatic rings. The molecule has 0 aromatic carbocycles. The molecule has 1 unspecified atom stereocenters. The topological polar surface area (TPSA) is 15.3 Å². The van der Waals surface area contributed by atoms with Gasteiger partial charge in [0.15, 0.2) is 0 Å². The lowest BCUT2D eigenvalue weighted by molar-refractivity contribution is 0.165. The summed E-state index contributed by atoms with van der Waals surface area (Å²) in [5, 5.41) is 3.53. The predicted octanol–water partition coefficient (Wildman–Crippen LogP) is 3.52. The van der Waals surface area contributed by atoms with E-state index in [2.05, 4.69) is 43.1 Å². The van der Waals surface area contributed by atoms with Gasteiger partial charge in [-0.3, -0.25) is 4.90 Å². The Morgan fingerprint density at radius 1 is 1.37 bits per heavy atom. The van der Waals surface area contributed by atoms with E-state index in [1.165, 1.54) is 48.7 Å². The molecule has 0 radical (unpaired) electrons. The van der Waals surface area contributed by atoms with Crippen LogP contribution in [0.15, 0.2) is 12.1 Å². The largest absolute Gasteiger partial charge is 0.316 e.